The molecular formula is C19H25N3O3S2. The van der Waals surface area contributed by atoms with Crippen LogP contribution in [0.2, 0.25) is 0 Å². The van der Waals surface area contributed by atoms with Gasteiger partial charge in [-0.05, 0) is 36.5 Å². The number of thioether (sulfide) groups is 1. The zero-order valence-electron chi connectivity index (χ0n) is 16.2. The summed E-state index contributed by atoms with van der Waals surface area (Å²) in [6.07, 6.45) is 0.630. The van der Waals surface area contributed by atoms with Gasteiger partial charge in [-0.1, -0.05) is 62.9 Å². The number of rotatable bonds is 7. The lowest BCUT2D eigenvalue weighted by Gasteiger charge is -2.18. The predicted molar refractivity (Wildman–Crippen MR) is 110 cm³/mol. The van der Waals surface area contributed by atoms with Crippen LogP contribution < -0.4 is 5.32 Å². The number of aromatic nitrogens is 2. The lowest BCUT2D eigenvalue weighted by molar-refractivity contribution is -0.142. The van der Waals surface area contributed by atoms with E-state index in [1.807, 2.05) is 19.1 Å². The van der Waals surface area contributed by atoms with E-state index in [0.29, 0.717) is 28.1 Å². The minimum absolute atomic E-state index is 0.0368. The Morgan fingerprint density at radius 3 is 2.41 bits per heavy atom. The van der Waals surface area contributed by atoms with Crippen LogP contribution in [0.25, 0.3) is 0 Å². The molecule has 1 N–H and O–H groups in total. The van der Waals surface area contributed by atoms with Crippen LogP contribution in [0, 0.1) is 0 Å². The second kappa shape index (κ2) is 9.32. The Bertz CT molecular complexity index is 782. The van der Waals surface area contributed by atoms with Gasteiger partial charge < -0.3 is 4.74 Å². The molecule has 6 nitrogen and oxygen atoms in total. The number of amides is 1. The van der Waals surface area contributed by atoms with E-state index < -0.39 is 0 Å². The normalized spacial score (nSPS) is 12.5. The molecule has 1 heterocycles. The van der Waals surface area contributed by atoms with Crippen molar-refractivity contribution in [2.45, 2.75) is 56.0 Å². The average molecular weight is 408 g/mol. The summed E-state index contributed by atoms with van der Waals surface area (Å²) in [6.45, 7) is 10.4. The molecule has 2 aromatic rings. The highest BCUT2D eigenvalue weighted by Gasteiger charge is 2.22. The Morgan fingerprint density at radius 1 is 1.19 bits per heavy atom. The number of hydrogen-bond acceptors (Lipinski definition) is 7. The number of esters is 1. The van der Waals surface area contributed by atoms with Crippen molar-refractivity contribution in [2.24, 2.45) is 0 Å². The zero-order chi connectivity index (χ0) is 20.0. The molecule has 0 aliphatic rings. The fourth-order valence-electron chi connectivity index (χ4n) is 2.25. The Balaban J connectivity index is 2.00. The Labute approximate surface area is 168 Å². The first-order valence-corrected chi connectivity index (χ1v) is 10.5. The van der Waals surface area contributed by atoms with Crippen molar-refractivity contribution in [1.29, 1.82) is 0 Å². The lowest BCUT2D eigenvalue weighted by Crippen LogP contribution is -2.19. The quantitative estimate of drug-likeness (QED) is 0.413. The molecule has 0 aliphatic carbocycles. The van der Waals surface area contributed by atoms with E-state index in [4.69, 9.17) is 4.74 Å². The summed E-state index contributed by atoms with van der Waals surface area (Å²) >= 11 is 2.55. The number of hydrogen-bond donors (Lipinski definition) is 1. The number of nitrogens with one attached hydrogen (secondary N) is 1. The van der Waals surface area contributed by atoms with Gasteiger partial charge >= 0.3 is 5.97 Å². The molecule has 1 amide bonds. The van der Waals surface area contributed by atoms with Gasteiger partial charge in [-0.2, -0.15) is 0 Å². The summed E-state index contributed by atoms with van der Waals surface area (Å²) in [7, 11) is 0. The maximum absolute atomic E-state index is 12.4. The maximum atomic E-state index is 12.4. The molecule has 2 rings (SSSR count). The third-order valence-electron chi connectivity index (χ3n) is 3.80. The first-order chi connectivity index (χ1) is 12.7. The minimum Gasteiger partial charge on any atom is -0.465 e. The van der Waals surface area contributed by atoms with E-state index in [1.165, 1.54) is 28.7 Å². The van der Waals surface area contributed by atoms with Gasteiger partial charge in [-0.15, -0.1) is 10.2 Å². The SMILES string of the molecule is CCOC(=O)C(CC)Sc1nnc(NC(=O)c2ccc(C(C)(C)C)cc2)s1. The summed E-state index contributed by atoms with van der Waals surface area (Å²) < 4.78 is 5.68. The Morgan fingerprint density at radius 2 is 1.85 bits per heavy atom. The van der Waals surface area contributed by atoms with Crippen molar-refractivity contribution in [3.63, 3.8) is 0 Å². The summed E-state index contributed by atoms with van der Waals surface area (Å²) in [5.41, 5.74) is 1.76. The van der Waals surface area contributed by atoms with Crippen LogP contribution in [-0.4, -0.2) is 33.9 Å². The number of carbonyl (C=O) groups excluding carboxylic acids is 2. The van der Waals surface area contributed by atoms with E-state index in [9.17, 15) is 9.59 Å². The topological polar surface area (TPSA) is 81.2 Å². The molecule has 0 spiro atoms. The van der Waals surface area contributed by atoms with Gasteiger partial charge in [0, 0.05) is 5.56 Å². The third-order valence-corrected chi connectivity index (χ3v) is 6.07. The van der Waals surface area contributed by atoms with Crippen molar-refractivity contribution in [3.8, 4) is 0 Å². The number of carbonyl (C=O) groups is 2. The highest BCUT2D eigenvalue weighted by Crippen LogP contribution is 2.31. The smallest absolute Gasteiger partial charge is 0.319 e. The van der Waals surface area contributed by atoms with Crippen LogP contribution in [-0.2, 0) is 14.9 Å². The fraction of sp³-hybridized carbons (Fsp3) is 0.474. The molecule has 1 aromatic heterocycles. The van der Waals surface area contributed by atoms with E-state index in [-0.39, 0.29) is 22.5 Å². The second-order valence-corrected chi connectivity index (χ2v) is 9.35. The number of anilines is 1. The molecule has 0 aliphatic heterocycles. The molecule has 1 atom stereocenters. The van der Waals surface area contributed by atoms with Crippen LogP contribution in [0.1, 0.15) is 57.0 Å². The van der Waals surface area contributed by atoms with Crippen molar-refractivity contribution < 1.29 is 14.3 Å². The molecule has 0 saturated heterocycles. The van der Waals surface area contributed by atoms with Crippen LogP contribution in [0.15, 0.2) is 28.6 Å². The standard InChI is InChI=1S/C19H25N3O3S2/c1-6-14(16(24)25-7-2)26-18-22-21-17(27-18)20-15(23)12-8-10-13(11-9-12)19(3,4)5/h8-11,14H,6-7H2,1-5H3,(H,20,21,23). The van der Waals surface area contributed by atoms with Gasteiger partial charge in [0.2, 0.25) is 5.13 Å². The van der Waals surface area contributed by atoms with Gasteiger partial charge in [0.05, 0.1) is 6.61 Å². The van der Waals surface area contributed by atoms with Crippen LogP contribution in [0.5, 0.6) is 0 Å². The van der Waals surface area contributed by atoms with Crippen molar-refractivity contribution in [2.75, 3.05) is 11.9 Å². The van der Waals surface area contributed by atoms with Gasteiger partial charge in [0.15, 0.2) is 4.34 Å². The minimum atomic E-state index is -0.327. The summed E-state index contributed by atoms with van der Waals surface area (Å²) in [5, 5.41) is 10.9. The molecule has 146 valence electrons. The van der Waals surface area contributed by atoms with Gasteiger partial charge in [-0.25, -0.2) is 0 Å². The van der Waals surface area contributed by atoms with Crippen LogP contribution >= 0.6 is 23.1 Å². The Kier molecular flexibility index (Phi) is 7.38. The maximum Gasteiger partial charge on any atom is 0.319 e. The predicted octanol–water partition coefficient (Wildman–Crippen LogP) is 4.52. The largest absolute Gasteiger partial charge is 0.465 e. The van der Waals surface area contributed by atoms with Crippen molar-refractivity contribution in [3.05, 3.63) is 35.4 Å². The van der Waals surface area contributed by atoms with E-state index in [0.717, 1.165) is 0 Å². The second-order valence-electron chi connectivity index (χ2n) is 6.92. The molecule has 1 unspecified atom stereocenters. The molecule has 0 bridgehead atoms. The Hall–Kier alpha value is -1.93. The molecule has 8 heteroatoms. The van der Waals surface area contributed by atoms with Crippen LogP contribution in [0.3, 0.4) is 0 Å². The van der Waals surface area contributed by atoms with E-state index in [2.05, 4.69) is 36.3 Å². The molecule has 0 fully saturated rings. The molecular weight excluding hydrogens is 382 g/mol. The number of benzene rings is 1. The highest BCUT2D eigenvalue weighted by atomic mass is 32.2. The molecule has 27 heavy (non-hydrogen) atoms. The van der Waals surface area contributed by atoms with E-state index in [1.54, 1.807) is 19.1 Å². The number of ether oxygens (including phenoxy) is 1. The molecule has 0 saturated carbocycles. The highest BCUT2D eigenvalue weighted by molar-refractivity contribution is 8.02. The summed E-state index contributed by atoms with van der Waals surface area (Å²) in [6, 6.07) is 7.53. The summed E-state index contributed by atoms with van der Waals surface area (Å²) in [5.74, 6) is -0.495. The molecule has 1 aromatic carbocycles. The first kappa shape index (κ1) is 21.4. The monoisotopic (exact) mass is 407 g/mol. The summed E-state index contributed by atoms with van der Waals surface area (Å²) in [4.78, 5) is 24.3. The van der Waals surface area contributed by atoms with Gasteiger partial charge in [0.25, 0.3) is 5.91 Å². The van der Waals surface area contributed by atoms with Gasteiger partial charge in [0.1, 0.15) is 5.25 Å². The van der Waals surface area contributed by atoms with Crippen LogP contribution in [0.4, 0.5) is 5.13 Å². The fourth-order valence-corrected chi connectivity index (χ4v) is 4.17. The average Bonchev–Trinajstić information content (AvgIpc) is 3.06. The lowest BCUT2D eigenvalue weighted by atomic mass is 9.87. The zero-order valence-corrected chi connectivity index (χ0v) is 17.9. The molecule has 0 radical (unpaired) electrons. The van der Waals surface area contributed by atoms with Gasteiger partial charge in [-0.3, -0.25) is 14.9 Å². The van der Waals surface area contributed by atoms with Crippen molar-refractivity contribution in [1.82, 2.24) is 10.2 Å². The van der Waals surface area contributed by atoms with Crippen molar-refractivity contribution >= 4 is 40.1 Å². The third kappa shape index (κ3) is 6.04. The first-order valence-electron chi connectivity index (χ1n) is 8.83. The van der Waals surface area contributed by atoms with E-state index >= 15 is 0 Å². The number of nitrogens with zero attached hydrogens (tertiary/aromatic N) is 2.